The van der Waals surface area contributed by atoms with E-state index in [1.54, 1.807) is 18.6 Å². The van der Waals surface area contributed by atoms with Crippen LogP contribution in [0.4, 0.5) is 17.3 Å². The number of hydrogen-bond donors (Lipinski definition) is 2. The number of aromatic nitrogens is 3. The predicted octanol–water partition coefficient (Wildman–Crippen LogP) is 4.92. The van der Waals surface area contributed by atoms with Crippen LogP contribution in [0.3, 0.4) is 0 Å². The van der Waals surface area contributed by atoms with E-state index in [9.17, 15) is 4.79 Å². The van der Waals surface area contributed by atoms with Crippen LogP contribution in [0, 0.1) is 13.8 Å². The smallest absolute Gasteiger partial charge is 0.262 e. The first kappa shape index (κ1) is 21.0. The predicted molar refractivity (Wildman–Crippen MR) is 125 cm³/mol. The summed E-state index contributed by atoms with van der Waals surface area (Å²) in [5, 5.41) is 6.10. The van der Waals surface area contributed by atoms with Crippen molar-refractivity contribution in [1.29, 1.82) is 0 Å². The van der Waals surface area contributed by atoms with Crippen LogP contribution in [0.2, 0.25) is 0 Å². The van der Waals surface area contributed by atoms with E-state index in [-0.39, 0.29) is 12.5 Å². The summed E-state index contributed by atoms with van der Waals surface area (Å²) in [7, 11) is 0. The number of aryl methyl sites for hydroxylation is 2. The highest BCUT2D eigenvalue weighted by Gasteiger charge is 2.08. The zero-order valence-corrected chi connectivity index (χ0v) is 17.9. The van der Waals surface area contributed by atoms with Gasteiger partial charge in [0.25, 0.3) is 5.91 Å². The fraction of sp³-hybridized carbons (Fsp3) is 0.120. The van der Waals surface area contributed by atoms with E-state index in [1.807, 2.05) is 74.5 Å². The van der Waals surface area contributed by atoms with Gasteiger partial charge in [-0.3, -0.25) is 9.78 Å². The van der Waals surface area contributed by atoms with E-state index >= 15 is 0 Å². The first-order valence-corrected chi connectivity index (χ1v) is 10.2. The van der Waals surface area contributed by atoms with Crippen molar-refractivity contribution in [3.63, 3.8) is 0 Å². The number of ether oxygens (including phenoxy) is 1. The summed E-state index contributed by atoms with van der Waals surface area (Å²) in [4.78, 5) is 25.4. The van der Waals surface area contributed by atoms with Gasteiger partial charge < -0.3 is 15.4 Å². The number of hydrogen-bond acceptors (Lipinski definition) is 6. The molecule has 7 nitrogen and oxygen atoms in total. The van der Waals surface area contributed by atoms with Crippen LogP contribution in [0.5, 0.6) is 5.75 Å². The molecular formula is C25H23N5O2. The molecule has 0 radical (unpaired) electrons. The number of benzene rings is 2. The minimum absolute atomic E-state index is 0.0731. The van der Waals surface area contributed by atoms with Crippen molar-refractivity contribution in [2.45, 2.75) is 13.8 Å². The molecule has 0 aliphatic carbocycles. The number of nitrogens with one attached hydrogen (secondary N) is 2. The molecule has 2 heterocycles. The van der Waals surface area contributed by atoms with Crippen molar-refractivity contribution in [1.82, 2.24) is 15.0 Å². The summed E-state index contributed by atoms with van der Waals surface area (Å²) in [5.74, 6) is 0.883. The average Bonchev–Trinajstić information content (AvgIpc) is 2.81. The zero-order chi connectivity index (χ0) is 22.3. The SMILES string of the molecule is Cc1cccc(OCC(=O)Nc2ccc(C)c(Nc3nccc(-c4cccnc4)n3)c2)c1. The second-order valence-electron chi connectivity index (χ2n) is 7.32. The number of amides is 1. The van der Waals surface area contributed by atoms with Crippen LogP contribution in [-0.2, 0) is 4.79 Å². The molecule has 0 saturated heterocycles. The van der Waals surface area contributed by atoms with Crippen LogP contribution in [0.25, 0.3) is 11.3 Å². The van der Waals surface area contributed by atoms with Gasteiger partial charge in [-0.15, -0.1) is 0 Å². The summed E-state index contributed by atoms with van der Waals surface area (Å²) < 4.78 is 5.57. The minimum atomic E-state index is -0.240. The van der Waals surface area contributed by atoms with E-state index in [4.69, 9.17) is 4.74 Å². The van der Waals surface area contributed by atoms with E-state index < -0.39 is 0 Å². The first-order chi connectivity index (χ1) is 15.6. The van der Waals surface area contributed by atoms with Gasteiger partial charge in [-0.1, -0.05) is 18.2 Å². The van der Waals surface area contributed by atoms with Gasteiger partial charge >= 0.3 is 0 Å². The molecule has 32 heavy (non-hydrogen) atoms. The Bertz CT molecular complexity index is 1230. The molecule has 0 fully saturated rings. The van der Waals surface area contributed by atoms with Gasteiger partial charge in [0.05, 0.1) is 5.69 Å². The monoisotopic (exact) mass is 425 g/mol. The lowest BCUT2D eigenvalue weighted by molar-refractivity contribution is -0.118. The number of carbonyl (C=O) groups excluding carboxylic acids is 1. The van der Waals surface area contributed by atoms with Crippen molar-refractivity contribution in [2.24, 2.45) is 0 Å². The van der Waals surface area contributed by atoms with E-state index in [0.29, 0.717) is 17.4 Å². The summed E-state index contributed by atoms with van der Waals surface area (Å²) in [6.07, 6.45) is 5.17. The lowest BCUT2D eigenvalue weighted by atomic mass is 10.1. The van der Waals surface area contributed by atoms with Crippen molar-refractivity contribution in [3.8, 4) is 17.0 Å². The van der Waals surface area contributed by atoms with E-state index in [2.05, 4.69) is 25.6 Å². The van der Waals surface area contributed by atoms with Gasteiger partial charge in [0.1, 0.15) is 5.75 Å². The number of nitrogens with zero attached hydrogens (tertiary/aromatic N) is 3. The Morgan fingerprint density at radius 1 is 1.00 bits per heavy atom. The Balaban J connectivity index is 1.43. The Hall–Kier alpha value is -4.26. The molecule has 0 saturated carbocycles. The molecule has 4 aromatic rings. The molecule has 0 atom stereocenters. The van der Waals surface area contributed by atoms with Gasteiger partial charge in [0, 0.05) is 35.5 Å². The number of anilines is 3. The zero-order valence-electron chi connectivity index (χ0n) is 17.9. The van der Waals surface area contributed by atoms with Crippen LogP contribution in [0.1, 0.15) is 11.1 Å². The summed E-state index contributed by atoms with van der Waals surface area (Å²) in [6, 6.07) is 18.8. The third-order valence-corrected chi connectivity index (χ3v) is 4.74. The van der Waals surface area contributed by atoms with Crippen LogP contribution in [0.15, 0.2) is 79.3 Å². The normalized spacial score (nSPS) is 10.4. The molecule has 160 valence electrons. The third kappa shape index (κ3) is 5.46. The van der Waals surface area contributed by atoms with Crippen molar-refractivity contribution >= 4 is 23.2 Å². The topological polar surface area (TPSA) is 89.0 Å². The third-order valence-electron chi connectivity index (χ3n) is 4.74. The lowest BCUT2D eigenvalue weighted by Crippen LogP contribution is -2.20. The fourth-order valence-corrected chi connectivity index (χ4v) is 3.10. The Labute approximate surface area is 186 Å². The van der Waals surface area contributed by atoms with Crippen molar-refractivity contribution in [2.75, 3.05) is 17.2 Å². The average molecular weight is 425 g/mol. The van der Waals surface area contributed by atoms with Crippen LogP contribution < -0.4 is 15.4 Å². The maximum absolute atomic E-state index is 12.3. The molecule has 0 aliphatic rings. The standard InChI is InChI=1S/C25H23N5O2/c1-17-5-3-7-21(13-17)32-16-24(31)28-20-9-8-18(2)23(14-20)30-25-27-12-10-22(29-25)19-6-4-11-26-15-19/h3-15H,16H2,1-2H3,(H,28,31)(H,27,29,30). The van der Waals surface area contributed by atoms with Gasteiger partial charge in [-0.25, -0.2) is 9.97 Å². The van der Waals surface area contributed by atoms with Gasteiger partial charge in [0.2, 0.25) is 5.95 Å². The number of rotatable bonds is 7. The molecule has 0 bridgehead atoms. The van der Waals surface area contributed by atoms with E-state index in [0.717, 1.165) is 28.1 Å². The highest BCUT2D eigenvalue weighted by Crippen LogP contribution is 2.24. The van der Waals surface area contributed by atoms with Gasteiger partial charge in [-0.05, 0) is 67.4 Å². The van der Waals surface area contributed by atoms with Crippen LogP contribution >= 0.6 is 0 Å². The molecule has 0 aliphatic heterocycles. The molecule has 2 N–H and O–H groups in total. The maximum Gasteiger partial charge on any atom is 0.262 e. The lowest BCUT2D eigenvalue weighted by Gasteiger charge is -2.12. The molecule has 1 amide bonds. The highest BCUT2D eigenvalue weighted by atomic mass is 16.5. The number of pyridine rings is 1. The second-order valence-corrected chi connectivity index (χ2v) is 7.32. The summed E-state index contributed by atoms with van der Waals surface area (Å²) >= 11 is 0. The van der Waals surface area contributed by atoms with Gasteiger partial charge in [0.15, 0.2) is 6.61 Å². The molecule has 2 aromatic heterocycles. The molecule has 4 rings (SSSR count). The molecular weight excluding hydrogens is 402 g/mol. The van der Waals surface area contributed by atoms with Crippen molar-refractivity contribution in [3.05, 3.63) is 90.4 Å². The summed E-state index contributed by atoms with van der Waals surface area (Å²) in [6.45, 7) is 3.88. The first-order valence-electron chi connectivity index (χ1n) is 10.2. The fourth-order valence-electron chi connectivity index (χ4n) is 3.10. The van der Waals surface area contributed by atoms with Gasteiger partial charge in [-0.2, -0.15) is 0 Å². The number of carbonyl (C=O) groups is 1. The minimum Gasteiger partial charge on any atom is -0.484 e. The maximum atomic E-state index is 12.3. The largest absolute Gasteiger partial charge is 0.484 e. The van der Waals surface area contributed by atoms with Crippen molar-refractivity contribution < 1.29 is 9.53 Å². The molecule has 2 aromatic carbocycles. The second kappa shape index (κ2) is 9.70. The molecule has 0 spiro atoms. The molecule has 0 unspecified atom stereocenters. The van der Waals surface area contributed by atoms with E-state index in [1.165, 1.54) is 0 Å². The molecule has 7 heteroatoms. The highest BCUT2D eigenvalue weighted by molar-refractivity contribution is 5.92. The summed E-state index contributed by atoms with van der Waals surface area (Å²) in [5.41, 5.74) is 5.20. The Kier molecular flexibility index (Phi) is 6.36. The Morgan fingerprint density at radius 3 is 2.72 bits per heavy atom. The quantitative estimate of drug-likeness (QED) is 0.437. The van der Waals surface area contributed by atoms with Crippen LogP contribution in [-0.4, -0.2) is 27.5 Å². The Morgan fingerprint density at radius 2 is 1.91 bits per heavy atom.